The lowest BCUT2D eigenvalue weighted by atomic mass is 9.74. The fraction of sp³-hybridized carbons (Fsp3) is 0.833. The Labute approximate surface area is 104 Å². The van der Waals surface area contributed by atoms with Crippen molar-refractivity contribution >= 4 is 11.8 Å². The van der Waals surface area contributed by atoms with Gasteiger partial charge in [-0.1, -0.05) is 6.92 Å². The minimum Gasteiger partial charge on any atom is -0.453 e. The van der Waals surface area contributed by atoms with E-state index in [9.17, 15) is 22.8 Å². The van der Waals surface area contributed by atoms with Gasteiger partial charge in [0.05, 0.1) is 0 Å². The molecule has 6 heteroatoms. The maximum absolute atomic E-state index is 12.1. The number of Topliss-reactive ketones (excluding diaryl/α,β-unsaturated/α-hetero) is 1. The molecular weight excluding hydrogens is 249 g/mol. The van der Waals surface area contributed by atoms with Crippen molar-refractivity contribution in [3.63, 3.8) is 0 Å². The normalized spacial score (nSPS) is 26.0. The molecule has 0 spiro atoms. The number of hydrogen-bond acceptors (Lipinski definition) is 3. The van der Waals surface area contributed by atoms with Crippen molar-refractivity contribution in [1.29, 1.82) is 0 Å². The van der Waals surface area contributed by atoms with Crippen LogP contribution in [-0.2, 0) is 14.3 Å². The van der Waals surface area contributed by atoms with Crippen molar-refractivity contribution in [2.45, 2.75) is 51.8 Å². The van der Waals surface area contributed by atoms with Crippen LogP contribution in [0.25, 0.3) is 0 Å². The number of carbonyl (C=O) groups is 2. The van der Waals surface area contributed by atoms with Crippen LogP contribution in [0, 0.1) is 11.8 Å². The van der Waals surface area contributed by atoms with Crippen LogP contribution in [-0.4, -0.2) is 23.5 Å². The van der Waals surface area contributed by atoms with Gasteiger partial charge in [-0.15, -0.1) is 0 Å². The van der Waals surface area contributed by atoms with E-state index in [4.69, 9.17) is 0 Å². The number of esters is 1. The van der Waals surface area contributed by atoms with Gasteiger partial charge in [-0.2, -0.15) is 13.2 Å². The highest BCUT2D eigenvalue weighted by atomic mass is 19.4. The Kier molecular flexibility index (Phi) is 4.08. The van der Waals surface area contributed by atoms with E-state index in [1.54, 1.807) is 6.92 Å². The number of ether oxygens (including phenoxy) is 1. The summed E-state index contributed by atoms with van der Waals surface area (Å²) in [5, 5.41) is 0. The summed E-state index contributed by atoms with van der Waals surface area (Å²) in [5.41, 5.74) is -1.28. The smallest absolute Gasteiger partial charge is 0.453 e. The molecule has 0 aromatic carbocycles. The molecule has 1 fully saturated rings. The highest BCUT2D eigenvalue weighted by Gasteiger charge is 2.46. The average Bonchev–Trinajstić information content (AvgIpc) is 2.19. The molecule has 3 nitrogen and oxygen atoms in total. The second-order valence-electron chi connectivity index (χ2n) is 5.34. The Hall–Kier alpha value is -1.07. The third kappa shape index (κ3) is 3.46. The number of alkyl halides is 3. The van der Waals surface area contributed by atoms with Crippen molar-refractivity contribution in [2.24, 2.45) is 11.8 Å². The molecule has 0 radical (unpaired) electrons. The lowest BCUT2D eigenvalue weighted by molar-refractivity contribution is -0.216. The first-order chi connectivity index (χ1) is 8.04. The topological polar surface area (TPSA) is 43.4 Å². The van der Waals surface area contributed by atoms with Crippen molar-refractivity contribution in [3.8, 4) is 0 Å². The van der Waals surface area contributed by atoms with E-state index in [1.165, 1.54) is 13.8 Å². The van der Waals surface area contributed by atoms with Crippen LogP contribution >= 0.6 is 0 Å². The van der Waals surface area contributed by atoms with Crippen LogP contribution in [0.4, 0.5) is 13.2 Å². The zero-order valence-electron chi connectivity index (χ0n) is 10.6. The Morgan fingerprint density at radius 2 is 1.83 bits per heavy atom. The fourth-order valence-corrected chi connectivity index (χ4v) is 2.13. The van der Waals surface area contributed by atoms with Gasteiger partial charge in [-0.3, -0.25) is 4.79 Å². The van der Waals surface area contributed by atoms with Gasteiger partial charge < -0.3 is 4.74 Å². The van der Waals surface area contributed by atoms with Crippen LogP contribution in [0.2, 0.25) is 0 Å². The summed E-state index contributed by atoms with van der Waals surface area (Å²) >= 11 is 0. The molecular formula is C12H17F3O3. The molecule has 0 saturated heterocycles. The standard InChI is InChI=1S/C12H17F3O3/c1-7-4-5-8(6-9(7)16)11(2,3)18-10(17)12(13,14)15/h7-8H,4-6H2,1-3H3. The molecule has 0 amide bonds. The van der Waals surface area contributed by atoms with Crippen LogP contribution in [0.1, 0.15) is 40.0 Å². The molecule has 0 aliphatic heterocycles. The monoisotopic (exact) mass is 266 g/mol. The van der Waals surface area contributed by atoms with Crippen molar-refractivity contribution < 1.29 is 27.5 Å². The van der Waals surface area contributed by atoms with Gasteiger partial charge in [-0.05, 0) is 26.7 Å². The van der Waals surface area contributed by atoms with Crippen LogP contribution < -0.4 is 0 Å². The first-order valence-electron chi connectivity index (χ1n) is 5.87. The summed E-state index contributed by atoms with van der Waals surface area (Å²) in [7, 11) is 0. The van der Waals surface area contributed by atoms with E-state index in [2.05, 4.69) is 4.74 Å². The van der Waals surface area contributed by atoms with Crippen LogP contribution in [0.3, 0.4) is 0 Å². The molecule has 0 bridgehead atoms. The quantitative estimate of drug-likeness (QED) is 0.722. The second kappa shape index (κ2) is 4.90. The zero-order chi connectivity index (χ0) is 14.1. The molecule has 2 atom stereocenters. The Morgan fingerprint density at radius 3 is 2.28 bits per heavy atom. The highest BCUT2D eigenvalue weighted by molar-refractivity contribution is 5.82. The van der Waals surface area contributed by atoms with E-state index in [0.29, 0.717) is 12.8 Å². The minimum atomic E-state index is -5.00. The number of rotatable bonds is 2. The van der Waals surface area contributed by atoms with E-state index < -0.39 is 17.7 Å². The van der Waals surface area contributed by atoms with Gasteiger partial charge in [0.25, 0.3) is 0 Å². The number of hydrogen-bond donors (Lipinski definition) is 0. The third-order valence-corrected chi connectivity index (χ3v) is 3.52. The molecule has 1 aliphatic rings. The molecule has 18 heavy (non-hydrogen) atoms. The van der Waals surface area contributed by atoms with Crippen molar-refractivity contribution in [2.75, 3.05) is 0 Å². The number of halogens is 3. The van der Waals surface area contributed by atoms with E-state index in [-0.39, 0.29) is 24.0 Å². The van der Waals surface area contributed by atoms with E-state index >= 15 is 0 Å². The molecule has 0 heterocycles. The summed E-state index contributed by atoms with van der Waals surface area (Å²) < 4.78 is 40.9. The molecule has 104 valence electrons. The predicted molar refractivity (Wildman–Crippen MR) is 57.7 cm³/mol. The molecule has 0 aromatic heterocycles. The van der Waals surface area contributed by atoms with Gasteiger partial charge >= 0.3 is 12.1 Å². The van der Waals surface area contributed by atoms with Crippen LogP contribution in [0.15, 0.2) is 0 Å². The number of carbonyl (C=O) groups excluding carboxylic acids is 2. The molecule has 0 N–H and O–H groups in total. The zero-order valence-corrected chi connectivity index (χ0v) is 10.6. The highest BCUT2D eigenvalue weighted by Crippen LogP contribution is 2.36. The summed E-state index contributed by atoms with van der Waals surface area (Å²) in [6.07, 6.45) is -3.62. The van der Waals surface area contributed by atoms with E-state index in [0.717, 1.165) is 0 Å². The summed E-state index contributed by atoms with van der Waals surface area (Å²) in [6, 6.07) is 0. The molecule has 1 saturated carbocycles. The molecule has 1 rings (SSSR count). The van der Waals surface area contributed by atoms with Gasteiger partial charge in [0.15, 0.2) is 0 Å². The third-order valence-electron chi connectivity index (χ3n) is 3.52. The Balaban J connectivity index is 2.69. The Bertz CT molecular complexity index is 347. The largest absolute Gasteiger partial charge is 0.490 e. The number of ketones is 1. The maximum Gasteiger partial charge on any atom is 0.490 e. The first-order valence-corrected chi connectivity index (χ1v) is 5.87. The minimum absolute atomic E-state index is 0.0161. The maximum atomic E-state index is 12.1. The van der Waals surface area contributed by atoms with Gasteiger partial charge in [0.2, 0.25) is 0 Å². The fourth-order valence-electron chi connectivity index (χ4n) is 2.13. The molecule has 1 aliphatic carbocycles. The average molecular weight is 266 g/mol. The Morgan fingerprint density at radius 1 is 1.28 bits per heavy atom. The van der Waals surface area contributed by atoms with Gasteiger partial charge in [-0.25, -0.2) is 4.79 Å². The summed E-state index contributed by atoms with van der Waals surface area (Å²) in [5.74, 6) is -2.59. The summed E-state index contributed by atoms with van der Waals surface area (Å²) in [6.45, 7) is 4.64. The van der Waals surface area contributed by atoms with Crippen LogP contribution in [0.5, 0.6) is 0 Å². The lowest BCUT2D eigenvalue weighted by Crippen LogP contribution is -2.43. The first kappa shape index (κ1) is 15.0. The van der Waals surface area contributed by atoms with Gasteiger partial charge in [0, 0.05) is 18.3 Å². The van der Waals surface area contributed by atoms with Crippen molar-refractivity contribution in [3.05, 3.63) is 0 Å². The molecule has 2 unspecified atom stereocenters. The summed E-state index contributed by atoms with van der Waals surface area (Å²) in [4.78, 5) is 22.4. The molecule has 0 aromatic rings. The van der Waals surface area contributed by atoms with E-state index in [1.807, 2.05) is 0 Å². The lowest BCUT2D eigenvalue weighted by Gasteiger charge is -2.37. The van der Waals surface area contributed by atoms with Crippen molar-refractivity contribution in [1.82, 2.24) is 0 Å². The van der Waals surface area contributed by atoms with Gasteiger partial charge in [0.1, 0.15) is 11.4 Å². The predicted octanol–water partition coefficient (Wildman–Crippen LogP) is 2.88. The second-order valence-corrected chi connectivity index (χ2v) is 5.34. The SMILES string of the molecule is CC1CCC(C(C)(C)OC(=O)C(F)(F)F)CC1=O.